The molecular formula is C23H39N5O2. The van der Waals surface area contributed by atoms with Gasteiger partial charge in [-0.15, -0.1) is 0 Å². The third-order valence-corrected chi connectivity index (χ3v) is 5.60. The Balaban J connectivity index is 1.25. The summed E-state index contributed by atoms with van der Waals surface area (Å²) in [6.45, 7) is 12.7. The molecular weight excluding hydrogens is 378 g/mol. The minimum Gasteiger partial charge on any atom is -0.379 e. The first-order valence-electron chi connectivity index (χ1n) is 11.6. The van der Waals surface area contributed by atoms with Crippen LogP contribution >= 0.6 is 0 Å². The van der Waals surface area contributed by atoms with Crippen molar-refractivity contribution in [3.8, 4) is 0 Å². The number of nitrogens with one attached hydrogen (secondary N) is 2. The van der Waals surface area contributed by atoms with Crippen molar-refractivity contribution in [3.63, 3.8) is 0 Å². The van der Waals surface area contributed by atoms with Crippen LogP contribution in [-0.2, 0) is 9.47 Å². The van der Waals surface area contributed by atoms with Crippen LogP contribution in [0.2, 0.25) is 0 Å². The second-order valence-electron chi connectivity index (χ2n) is 7.92. The maximum absolute atomic E-state index is 5.80. The van der Waals surface area contributed by atoms with Crippen molar-refractivity contribution >= 4 is 11.6 Å². The summed E-state index contributed by atoms with van der Waals surface area (Å²) in [5, 5.41) is 6.80. The van der Waals surface area contributed by atoms with E-state index in [0.717, 1.165) is 97.4 Å². The predicted molar refractivity (Wildman–Crippen MR) is 123 cm³/mol. The summed E-state index contributed by atoms with van der Waals surface area (Å²) < 4.78 is 11.1. The molecule has 2 N–H and O–H groups in total. The van der Waals surface area contributed by atoms with E-state index in [1.807, 2.05) is 0 Å². The van der Waals surface area contributed by atoms with Crippen LogP contribution in [0.15, 0.2) is 35.3 Å². The quantitative estimate of drug-likeness (QED) is 0.326. The summed E-state index contributed by atoms with van der Waals surface area (Å²) in [5.41, 5.74) is 1.34. The number of anilines is 1. The van der Waals surface area contributed by atoms with E-state index >= 15 is 0 Å². The molecule has 2 heterocycles. The Labute approximate surface area is 181 Å². The lowest BCUT2D eigenvalue weighted by Crippen LogP contribution is -2.47. The molecule has 1 unspecified atom stereocenters. The predicted octanol–water partition coefficient (Wildman–Crippen LogP) is 1.95. The van der Waals surface area contributed by atoms with Crippen LogP contribution in [0.4, 0.5) is 5.69 Å². The summed E-state index contributed by atoms with van der Waals surface area (Å²) in [5.74, 6) is 0.913. The first-order valence-corrected chi connectivity index (χ1v) is 11.6. The lowest BCUT2D eigenvalue weighted by molar-refractivity contribution is 0.0424. The minimum absolute atomic E-state index is 0.287. The molecule has 2 aliphatic rings. The summed E-state index contributed by atoms with van der Waals surface area (Å²) in [4.78, 5) is 9.71. The lowest BCUT2D eigenvalue weighted by Gasteiger charge is -2.36. The number of benzene rings is 1. The molecule has 1 aromatic carbocycles. The highest BCUT2D eigenvalue weighted by Crippen LogP contribution is 2.15. The van der Waals surface area contributed by atoms with Crippen LogP contribution < -0.4 is 15.5 Å². The van der Waals surface area contributed by atoms with E-state index in [0.29, 0.717) is 0 Å². The molecule has 2 fully saturated rings. The number of ether oxygens (including phenoxy) is 2. The molecule has 0 spiro atoms. The SMILES string of the molecule is CCNC(=NCCCOC1CCOC1)NCCCN1CCN(c2ccccc2)CC1. The maximum Gasteiger partial charge on any atom is 0.191 e. The molecule has 7 heteroatoms. The Morgan fingerprint density at radius 2 is 1.97 bits per heavy atom. The molecule has 1 aromatic rings. The van der Waals surface area contributed by atoms with E-state index in [-0.39, 0.29) is 6.10 Å². The Kier molecular flexibility index (Phi) is 10.3. The van der Waals surface area contributed by atoms with Crippen molar-refractivity contribution in [2.75, 3.05) is 77.1 Å². The largest absolute Gasteiger partial charge is 0.379 e. The normalized spacial score (nSPS) is 20.5. The molecule has 0 aliphatic carbocycles. The van der Waals surface area contributed by atoms with Gasteiger partial charge in [-0.05, 0) is 44.9 Å². The average Bonchev–Trinajstić information content (AvgIpc) is 3.31. The third-order valence-electron chi connectivity index (χ3n) is 5.60. The van der Waals surface area contributed by atoms with Gasteiger partial charge in [0.2, 0.25) is 0 Å². The van der Waals surface area contributed by atoms with E-state index in [2.05, 4.69) is 62.7 Å². The van der Waals surface area contributed by atoms with Crippen LogP contribution in [0, 0.1) is 0 Å². The van der Waals surface area contributed by atoms with Gasteiger partial charge in [-0.3, -0.25) is 9.89 Å². The molecule has 1 atom stereocenters. The fraction of sp³-hybridized carbons (Fsp3) is 0.696. The Hall–Kier alpha value is -1.83. The number of aliphatic imine (C=N–C) groups is 1. The number of hydrogen-bond donors (Lipinski definition) is 2. The van der Waals surface area contributed by atoms with Crippen molar-refractivity contribution < 1.29 is 9.47 Å². The molecule has 0 amide bonds. The highest BCUT2D eigenvalue weighted by molar-refractivity contribution is 5.79. The van der Waals surface area contributed by atoms with E-state index < -0.39 is 0 Å². The van der Waals surface area contributed by atoms with Gasteiger partial charge in [0.25, 0.3) is 0 Å². The fourth-order valence-corrected chi connectivity index (χ4v) is 3.87. The zero-order valence-electron chi connectivity index (χ0n) is 18.5. The molecule has 2 aliphatic heterocycles. The number of para-hydroxylation sites is 1. The van der Waals surface area contributed by atoms with Gasteiger partial charge in [-0.25, -0.2) is 0 Å². The molecule has 0 saturated carbocycles. The Bertz CT molecular complexity index is 599. The van der Waals surface area contributed by atoms with Crippen LogP contribution in [0.5, 0.6) is 0 Å². The first kappa shape index (κ1) is 22.8. The van der Waals surface area contributed by atoms with Crippen molar-refractivity contribution in [2.24, 2.45) is 4.99 Å². The number of rotatable bonds is 11. The van der Waals surface area contributed by atoms with E-state index in [9.17, 15) is 0 Å². The zero-order valence-corrected chi connectivity index (χ0v) is 18.5. The van der Waals surface area contributed by atoms with Crippen molar-refractivity contribution in [1.82, 2.24) is 15.5 Å². The summed E-state index contributed by atoms with van der Waals surface area (Å²) in [6, 6.07) is 10.7. The Morgan fingerprint density at radius 3 is 2.70 bits per heavy atom. The van der Waals surface area contributed by atoms with Gasteiger partial charge in [-0.2, -0.15) is 0 Å². The van der Waals surface area contributed by atoms with Crippen LogP contribution in [-0.4, -0.2) is 89.1 Å². The van der Waals surface area contributed by atoms with Crippen LogP contribution in [0.1, 0.15) is 26.2 Å². The average molecular weight is 418 g/mol. The molecule has 0 bridgehead atoms. The molecule has 0 radical (unpaired) electrons. The van der Waals surface area contributed by atoms with E-state index in [4.69, 9.17) is 9.47 Å². The number of guanidine groups is 1. The highest BCUT2D eigenvalue weighted by atomic mass is 16.5. The maximum atomic E-state index is 5.80. The summed E-state index contributed by atoms with van der Waals surface area (Å²) in [6.07, 6.45) is 3.38. The van der Waals surface area contributed by atoms with Crippen molar-refractivity contribution in [2.45, 2.75) is 32.3 Å². The number of hydrogen-bond acceptors (Lipinski definition) is 5. The molecule has 7 nitrogen and oxygen atoms in total. The van der Waals surface area contributed by atoms with Gasteiger partial charge in [0, 0.05) is 64.7 Å². The van der Waals surface area contributed by atoms with E-state index in [1.54, 1.807) is 0 Å². The highest BCUT2D eigenvalue weighted by Gasteiger charge is 2.17. The van der Waals surface area contributed by atoms with Gasteiger partial charge >= 0.3 is 0 Å². The van der Waals surface area contributed by atoms with Gasteiger partial charge in [0.1, 0.15) is 0 Å². The van der Waals surface area contributed by atoms with E-state index in [1.165, 1.54) is 5.69 Å². The first-order chi connectivity index (χ1) is 14.8. The summed E-state index contributed by atoms with van der Waals surface area (Å²) >= 11 is 0. The molecule has 0 aromatic heterocycles. The van der Waals surface area contributed by atoms with Gasteiger partial charge in [0.05, 0.1) is 12.7 Å². The van der Waals surface area contributed by atoms with Gasteiger partial charge in [-0.1, -0.05) is 18.2 Å². The third kappa shape index (κ3) is 8.13. The second-order valence-corrected chi connectivity index (χ2v) is 7.92. The number of piperazine rings is 1. The molecule has 2 saturated heterocycles. The second kappa shape index (κ2) is 13.5. The van der Waals surface area contributed by atoms with Crippen LogP contribution in [0.25, 0.3) is 0 Å². The van der Waals surface area contributed by atoms with Crippen LogP contribution in [0.3, 0.4) is 0 Å². The smallest absolute Gasteiger partial charge is 0.191 e. The topological polar surface area (TPSA) is 61.4 Å². The fourth-order valence-electron chi connectivity index (χ4n) is 3.87. The standard InChI is InChI=1S/C23H39N5O2/c1-2-24-23(26-12-7-18-30-22-10-19-29-20-22)25-11-6-13-27-14-16-28(17-15-27)21-8-4-3-5-9-21/h3-5,8-9,22H,2,6-7,10-20H2,1H3,(H2,24,25,26). The number of nitrogens with zero attached hydrogens (tertiary/aromatic N) is 3. The Morgan fingerprint density at radius 1 is 1.13 bits per heavy atom. The van der Waals surface area contributed by atoms with Gasteiger partial charge in [0.15, 0.2) is 5.96 Å². The molecule has 168 valence electrons. The minimum atomic E-state index is 0.287. The lowest BCUT2D eigenvalue weighted by atomic mass is 10.2. The summed E-state index contributed by atoms with van der Waals surface area (Å²) in [7, 11) is 0. The van der Waals surface area contributed by atoms with Crippen molar-refractivity contribution in [1.29, 1.82) is 0 Å². The van der Waals surface area contributed by atoms with Crippen molar-refractivity contribution in [3.05, 3.63) is 30.3 Å². The zero-order chi connectivity index (χ0) is 20.9. The molecule has 3 rings (SSSR count). The molecule has 30 heavy (non-hydrogen) atoms. The monoisotopic (exact) mass is 417 g/mol. The van der Waals surface area contributed by atoms with Gasteiger partial charge < -0.3 is 25.0 Å².